The molecular formula is C25H41NO4S. The van der Waals surface area contributed by atoms with Crippen LogP contribution in [-0.2, 0) is 9.47 Å². The predicted octanol–water partition coefficient (Wildman–Crippen LogP) is 6.84. The third kappa shape index (κ3) is 7.90. The zero-order valence-corrected chi connectivity index (χ0v) is 21.1. The van der Waals surface area contributed by atoms with Gasteiger partial charge in [-0.05, 0) is 71.3 Å². The number of carbonyl (C=O) groups is 1. The number of carbonyl (C=O) groups excluding carboxylic acids is 1. The molecule has 5 nitrogen and oxygen atoms in total. The summed E-state index contributed by atoms with van der Waals surface area (Å²) in [5, 5.41) is 0. The maximum absolute atomic E-state index is 13.0. The summed E-state index contributed by atoms with van der Waals surface area (Å²) in [4.78, 5) is 16.0. The molecule has 1 saturated heterocycles. The number of piperidine rings is 1. The Morgan fingerprint density at radius 2 is 1.84 bits per heavy atom. The van der Waals surface area contributed by atoms with Gasteiger partial charge in [0.1, 0.15) is 11.4 Å². The van der Waals surface area contributed by atoms with Gasteiger partial charge >= 0.3 is 6.09 Å². The quantitative estimate of drug-likeness (QED) is 0.437. The molecule has 2 aliphatic rings. The van der Waals surface area contributed by atoms with Crippen LogP contribution in [0.25, 0.3) is 0 Å². The maximum Gasteiger partial charge on any atom is 0.410 e. The molecule has 1 amide bonds. The van der Waals surface area contributed by atoms with E-state index in [1.165, 1.54) is 11.3 Å². The first-order valence-corrected chi connectivity index (χ1v) is 13.0. The molecule has 1 aromatic carbocycles. The monoisotopic (exact) mass is 451 g/mol. The smallest absolute Gasteiger partial charge is 0.410 e. The number of rotatable bonds is 1. The van der Waals surface area contributed by atoms with E-state index in [1.54, 1.807) is 11.8 Å². The van der Waals surface area contributed by atoms with Crippen LogP contribution in [0.1, 0.15) is 84.7 Å². The highest BCUT2D eigenvalue weighted by atomic mass is 32.2. The van der Waals surface area contributed by atoms with Crippen molar-refractivity contribution in [2.45, 2.75) is 95.8 Å². The Morgan fingerprint density at radius 3 is 2.52 bits per heavy atom. The Balaban J connectivity index is 0.00000166. The zero-order valence-electron chi connectivity index (χ0n) is 20.2. The average Bonchev–Trinajstić information content (AvgIpc) is 2.76. The lowest BCUT2D eigenvalue weighted by Gasteiger charge is -2.40. The van der Waals surface area contributed by atoms with Gasteiger partial charge in [0.05, 0.1) is 18.8 Å². The number of ether oxygens (including phenoxy) is 3. The molecule has 0 spiro atoms. The molecule has 31 heavy (non-hydrogen) atoms. The van der Waals surface area contributed by atoms with Crippen LogP contribution < -0.4 is 4.74 Å². The third-order valence-corrected chi connectivity index (χ3v) is 6.14. The van der Waals surface area contributed by atoms with Crippen LogP contribution in [0.5, 0.6) is 5.75 Å². The van der Waals surface area contributed by atoms with Crippen LogP contribution in [0.3, 0.4) is 0 Å². The van der Waals surface area contributed by atoms with Gasteiger partial charge in [-0.25, -0.2) is 4.79 Å². The number of nitrogens with zero attached hydrogens (tertiary/aromatic N) is 1. The molecular weight excluding hydrogens is 410 g/mol. The van der Waals surface area contributed by atoms with E-state index in [9.17, 15) is 4.79 Å². The lowest BCUT2D eigenvalue weighted by molar-refractivity contribution is -0.0324. The Kier molecular flexibility index (Phi) is 10.5. The Hall–Kier alpha value is -1.40. The highest BCUT2D eigenvalue weighted by Gasteiger charge is 2.37. The van der Waals surface area contributed by atoms with E-state index >= 15 is 0 Å². The highest BCUT2D eigenvalue weighted by molar-refractivity contribution is 7.98. The van der Waals surface area contributed by atoms with Gasteiger partial charge < -0.3 is 19.1 Å². The van der Waals surface area contributed by atoms with Crippen LogP contribution in [0.2, 0.25) is 0 Å². The Bertz CT molecular complexity index is 689. The van der Waals surface area contributed by atoms with E-state index in [4.69, 9.17) is 14.2 Å². The number of thioether (sulfide) groups is 1. The molecule has 1 fully saturated rings. The second-order valence-corrected chi connectivity index (χ2v) is 9.75. The van der Waals surface area contributed by atoms with Crippen LogP contribution in [-0.4, -0.2) is 48.7 Å². The Morgan fingerprint density at radius 1 is 1.13 bits per heavy atom. The fourth-order valence-electron chi connectivity index (χ4n) is 3.95. The summed E-state index contributed by atoms with van der Waals surface area (Å²) >= 11 is 1.70. The summed E-state index contributed by atoms with van der Waals surface area (Å²) in [6, 6.07) is 6.24. The minimum absolute atomic E-state index is 0.102. The molecule has 2 atom stereocenters. The molecule has 3 rings (SSSR count). The minimum atomic E-state index is -0.518. The molecule has 1 aromatic rings. The van der Waals surface area contributed by atoms with E-state index in [-0.39, 0.29) is 18.2 Å². The molecule has 0 N–H and O–H groups in total. The van der Waals surface area contributed by atoms with Gasteiger partial charge in [-0.2, -0.15) is 0 Å². The SMILES string of the molecule is CC.CSc1ccc2c(c1)OCCCCCCOC1CCN(C(=O)OC(C)(C)C)[C@H]2C1. The first-order chi connectivity index (χ1) is 14.9. The van der Waals surface area contributed by atoms with Crippen molar-refractivity contribution in [2.24, 2.45) is 0 Å². The van der Waals surface area contributed by atoms with Crippen molar-refractivity contribution >= 4 is 17.9 Å². The van der Waals surface area contributed by atoms with Gasteiger partial charge in [-0.15, -0.1) is 11.8 Å². The molecule has 2 bridgehead atoms. The number of benzene rings is 1. The largest absolute Gasteiger partial charge is 0.493 e. The molecule has 176 valence electrons. The predicted molar refractivity (Wildman–Crippen MR) is 128 cm³/mol. The molecule has 0 aliphatic carbocycles. The van der Waals surface area contributed by atoms with Crippen molar-refractivity contribution in [3.8, 4) is 5.75 Å². The molecule has 2 heterocycles. The fraction of sp³-hybridized carbons (Fsp3) is 0.720. The van der Waals surface area contributed by atoms with Gasteiger partial charge in [-0.1, -0.05) is 26.3 Å². The van der Waals surface area contributed by atoms with E-state index in [0.717, 1.165) is 50.0 Å². The number of hydrogen-bond acceptors (Lipinski definition) is 5. The first kappa shape index (κ1) is 25.9. The van der Waals surface area contributed by atoms with Crippen molar-refractivity contribution in [2.75, 3.05) is 26.0 Å². The highest BCUT2D eigenvalue weighted by Crippen LogP contribution is 2.39. The van der Waals surface area contributed by atoms with Crippen LogP contribution in [0.15, 0.2) is 23.1 Å². The number of hydrogen-bond donors (Lipinski definition) is 0. The summed E-state index contributed by atoms with van der Waals surface area (Å²) in [7, 11) is 0. The van der Waals surface area contributed by atoms with Crippen molar-refractivity contribution in [3.05, 3.63) is 23.8 Å². The second-order valence-electron chi connectivity index (χ2n) is 8.87. The Labute approximate surface area is 193 Å². The van der Waals surface area contributed by atoms with Gasteiger partial charge in [0.2, 0.25) is 0 Å². The lowest BCUT2D eigenvalue weighted by Crippen LogP contribution is -2.45. The van der Waals surface area contributed by atoms with Crippen molar-refractivity contribution in [1.29, 1.82) is 0 Å². The molecule has 1 unspecified atom stereocenters. The summed E-state index contributed by atoms with van der Waals surface area (Å²) in [5.41, 5.74) is 0.539. The van der Waals surface area contributed by atoms with Gasteiger partial charge in [0, 0.05) is 23.6 Å². The van der Waals surface area contributed by atoms with E-state index in [1.807, 2.05) is 39.5 Å². The third-order valence-electron chi connectivity index (χ3n) is 5.41. The van der Waals surface area contributed by atoms with Crippen molar-refractivity contribution < 1.29 is 19.0 Å². The van der Waals surface area contributed by atoms with Crippen LogP contribution in [0.4, 0.5) is 4.79 Å². The summed E-state index contributed by atoms with van der Waals surface area (Å²) in [5.74, 6) is 0.885. The fourth-order valence-corrected chi connectivity index (χ4v) is 4.38. The molecule has 0 aromatic heterocycles. The standard InChI is InChI=1S/C23H35NO4S.C2H6/c1-23(2,3)28-22(25)24-12-11-17-15-20(24)19-10-9-18(29-4)16-21(19)27-14-8-6-5-7-13-26-17;1-2/h9-10,16-17,20H,5-8,11-15H2,1-4H3;1-2H3/t17?,20-;/m0./s1. The maximum atomic E-state index is 13.0. The minimum Gasteiger partial charge on any atom is -0.493 e. The van der Waals surface area contributed by atoms with Crippen LogP contribution in [0, 0.1) is 0 Å². The van der Waals surface area contributed by atoms with E-state index in [2.05, 4.69) is 24.5 Å². The first-order valence-electron chi connectivity index (χ1n) is 11.8. The van der Waals surface area contributed by atoms with E-state index in [0.29, 0.717) is 13.2 Å². The summed E-state index contributed by atoms with van der Waals surface area (Å²) < 4.78 is 18.1. The van der Waals surface area contributed by atoms with Crippen molar-refractivity contribution in [1.82, 2.24) is 4.90 Å². The van der Waals surface area contributed by atoms with Gasteiger partial charge in [0.25, 0.3) is 0 Å². The average molecular weight is 452 g/mol. The van der Waals surface area contributed by atoms with E-state index < -0.39 is 5.60 Å². The number of fused-ring (bicyclic) bond motifs is 4. The molecule has 0 radical (unpaired) electrons. The molecule has 2 aliphatic heterocycles. The van der Waals surface area contributed by atoms with Crippen molar-refractivity contribution in [3.63, 3.8) is 0 Å². The normalized spacial score (nSPS) is 22.3. The number of likely N-dealkylation sites (tertiary alicyclic amines) is 1. The molecule has 6 heteroatoms. The van der Waals surface area contributed by atoms with Gasteiger partial charge in [0.15, 0.2) is 0 Å². The summed E-state index contributed by atoms with van der Waals surface area (Å²) in [6.07, 6.45) is 8.02. The van der Waals surface area contributed by atoms with Gasteiger partial charge in [-0.3, -0.25) is 0 Å². The molecule has 0 saturated carbocycles. The zero-order chi connectivity index (χ0) is 22.9. The summed E-state index contributed by atoms with van der Waals surface area (Å²) in [6.45, 7) is 11.9. The lowest BCUT2D eigenvalue weighted by atomic mass is 9.92. The topological polar surface area (TPSA) is 48.0 Å². The van der Waals surface area contributed by atoms with Crippen LogP contribution >= 0.6 is 11.8 Å². The number of amides is 1. The second kappa shape index (κ2) is 12.6.